The van der Waals surface area contributed by atoms with Crippen LogP contribution in [0.1, 0.15) is 52.7 Å². The zero-order valence-electron chi connectivity index (χ0n) is 48.1. The summed E-state index contributed by atoms with van der Waals surface area (Å²) >= 11 is 0. The summed E-state index contributed by atoms with van der Waals surface area (Å²) in [5, 5.41) is 4.62. The van der Waals surface area contributed by atoms with E-state index in [1.54, 1.807) is 0 Å². The van der Waals surface area contributed by atoms with Gasteiger partial charge < -0.3 is 14.4 Å². The number of benzene rings is 11. The van der Waals surface area contributed by atoms with E-state index < -0.39 is 0 Å². The van der Waals surface area contributed by atoms with Crippen molar-refractivity contribution >= 4 is 78.4 Å². The molecule has 3 heterocycles. The molecular formula is C78H62BN4Pt-3. The van der Waals surface area contributed by atoms with Crippen LogP contribution in [0.2, 0.25) is 0 Å². The quantitative estimate of drug-likeness (QED) is 0.101. The fourth-order valence-electron chi connectivity index (χ4n) is 12.5. The third-order valence-corrected chi connectivity index (χ3v) is 16.7. The average molecular weight is 1260 g/mol. The number of hydrogen-bond donors (Lipinski definition) is 0. The van der Waals surface area contributed by atoms with Crippen molar-refractivity contribution in [1.82, 2.24) is 9.55 Å². The fraction of sp³-hybridized carbons (Fsp3) is 0.103. The van der Waals surface area contributed by atoms with Crippen molar-refractivity contribution in [2.75, 3.05) is 9.80 Å². The number of anilines is 4. The second kappa shape index (κ2) is 22.0. The molecule has 0 aliphatic carbocycles. The molecule has 0 saturated heterocycles. The Morgan fingerprint density at radius 3 is 1.55 bits per heavy atom. The van der Waals surface area contributed by atoms with Gasteiger partial charge in [-0.1, -0.05) is 253 Å². The molecule has 84 heavy (non-hydrogen) atoms. The summed E-state index contributed by atoms with van der Waals surface area (Å²) in [4.78, 5) is 9.75. The maximum atomic E-state index is 4.96. The molecule has 0 spiro atoms. The Morgan fingerprint density at radius 2 is 0.940 bits per heavy atom. The van der Waals surface area contributed by atoms with Gasteiger partial charge in [0.25, 0.3) is 0 Å². The Balaban J connectivity index is 0.00000658. The third kappa shape index (κ3) is 9.75. The van der Waals surface area contributed by atoms with E-state index in [4.69, 9.17) is 4.98 Å². The molecule has 2 aromatic heterocycles. The van der Waals surface area contributed by atoms with Crippen LogP contribution in [0.15, 0.2) is 261 Å². The summed E-state index contributed by atoms with van der Waals surface area (Å²) in [6.45, 7) is 15.6. The van der Waals surface area contributed by atoms with Crippen LogP contribution in [-0.4, -0.2) is 16.3 Å². The standard InChI is InChI=1S/C78H62BN4.Pt/c1-77(2,3)58-42-37-56(38-43-58)63-31-20-32-64(57-39-44-59(45-40-57)78(4,5)6)74(63)79(61-46-47-69-68-30-15-16-35-70(68)83(72(69)51-61)73-36-17-18-49-80-73)60-27-19-28-62(50-60)81-52-82(76-67-29-14-13-26-55(67)41-48-71(76)81)75-65(53-22-9-7-10-23-53)33-21-34-66(75)54-24-11-8-12-25-54;/h7-49,52H,1-6H3;/q-3;. The van der Waals surface area contributed by atoms with Gasteiger partial charge in [-0.2, -0.15) is 53.4 Å². The van der Waals surface area contributed by atoms with E-state index in [1.807, 2.05) is 12.3 Å². The van der Waals surface area contributed by atoms with Crippen molar-refractivity contribution in [3.05, 3.63) is 291 Å². The van der Waals surface area contributed by atoms with Crippen LogP contribution in [0.3, 0.4) is 0 Å². The maximum absolute atomic E-state index is 4.96. The summed E-state index contributed by atoms with van der Waals surface area (Å²) in [5.41, 5.74) is 21.3. The molecule has 4 nitrogen and oxygen atoms in total. The van der Waals surface area contributed by atoms with Crippen molar-refractivity contribution in [2.24, 2.45) is 0 Å². The van der Waals surface area contributed by atoms with E-state index in [-0.39, 0.29) is 38.6 Å². The first-order valence-corrected chi connectivity index (χ1v) is 28.9. The Labute approximate surface area is 509 Å². The minimum atomic E-state index is -0.358. The summed E-state index contributed by atoms with van der Waals surface area (Å²) in [5.74, 6) is 0.848. The predicted octanol–water partition coefficient (Wildman–Crippen LogP) is 18.1. The molecule has 0 saturated carbocycles. The smallest absolute Gasteiger partial charge is 0.193 e. The first-order valence-electron chi connectivity index (χ1n) is 28.9. The van der Waals surface area contributed by atoms with Gasteiger partial charge in [-0.15, -0.1) is 17.7 Å². The van der Waals surface area contributed by atoms with E-state index in [0.717, 1.165) is 106 Å². The van der Waals surface area contributed by atoms with Gasteiger partial charge in [-0.05, 0) is 90.4 Å². The number of para-hydroxylation sites is 2. The molecule has 13 aromatic rings. The minimum absolute atomic E-state index is 0. The van der Waals surface area contributed by atoms with Gasteiger partial charge in [0.05, 0.1) is 0 Å². The molecule has 0 radical (unpaired) electrons. The maximum Gasteiger partial charge on any atom is 0.193 e. The number of hydrogen-bond acceptors (Lipinski definition) is 3. The second-order valence-corrected chi connectivity index (χ2v) is 24.0. The van der Waals surface area contributed by atoms with Gasteiger partial charge in [0.2, 0.25) is 0 Å². The third-order valence-electron chi connectivity index (χ3n) is 16.7. The minimum Gasteiger partial charge on any atom is -0.493 e. The molecule has 0 bridgehead atoms. The van der Waals surface area contributed by atoms with Crippen molar-refractivity contribution < 1.29 is 21.1 Å². The van der Waals surface area contributed by atoms with E-state index >= 15 is 0 Å². The Bertz CT molecular complexity index is 4410. The summed E-state index contributed by atoms with van der Waals surface area (Å²) in [7, 11) is 0. The molecule has 0 N–H and O–H groups in total. The Morgan fingerprint density at radius 1 is 0.405 bits per heavy atom. The van der Waals surface area contributed by atoms with E-state index in [1.165, 1.54) is 27.4 Å². The Hall–Kier alpha value is -9.02. The van der Waals surface area contributed by atoms with Gasteiger partial charge in [0.1, 0.15) is 5.82 Å². The zero-order valence-corrected chi connectivity index (χ0v) is 50.4. The summed E-state index contributed by atoms with van der Waals surface area (Å²) < 4.78 is 2.28. The van der Waals surface area contributed by atoms with Crippen LogP contribution >= 0.6 is 0 Å². The normalized spacial score (nSPS) is 12.5. The second-order valence-electron chi connectivity index (χ2n) is 24.0. The van der Waals surface area contributed by atoms with Gasteiger partial charge in [0, 0.05) is 66.4 Å². The summed E-state index contributed by atoms with van der Waals surface area (Å²) in [6.07, 6.45) is 1.88. The fourth-order valence-corrected chi connectivity index (χ4v) is 12.5. The van der Waals surface area contributed by atoms with Gasteiger partial charge in [-0.25, -0.2) is 4.98 Å². The molecular weight excluding hydrogens is 1200 g/mol. The monoisotopic (exact) mass is 1260 g/mol. The molecule has 0 unspecified atom stereocenters. The van der Waals surface area contributed by atoms with Gasteiger partial charge in [-0.3, -0.25) is 0 Å². The topological polar surface area (TPSA) is 24.3 Å². The first kappa shape index (κ1) is 54.2. The molecule has 6 heteroatoms. The first-order chi connectivity index (χ1) is 40.5. The number of rotatable bonds is 10. The SMILES string of the molecule is CC(C)(C)c1ccc(-c2cccc(-c3ccc(C(C)(C)C)cc3)c2B(c2[c-]c(N3[CH-]N(c4c(-c5ccccc5)cccc4-c4ccccc4)c4c3ccc3ccccc43)ccc2)c2[c-]c3c(cc2)c2ccccc2n3-c2ccccn2)cc1.[Pt]. The molecule has 11 aromatic carbocycles. The molecule has 0 fully saturated rings. The zero-order chi connectivity index (χ0) is 56.4. The Kier molecular flexibility index (Phi) is 14.2. The number of aromatic nitrogens is 2. The van der Waals surface area contributed by atoms with Crippen molar-refractivity contribution in [3.8, 4) is 50.3 Å². The van der Waals surface area contributed by atoms with Crippen LogP contribution < -0.4 is 26.2 Å². The van der Waals surface area contributed by atoms with Crippen LogP contribution in [0, 0.1) is 18.8 Å². The van der Waals surface area contributed by atoms with Gasteiger partial charge >= 0.3 is 0 Å². The van der Waals surface area contributed by atoms with E-state index in [2.05, 4.69) is 323 Å². The summed E-state index contributed by atoms with van der Waals surface area (Å²) in [6, 6.07) is 102. The molecule has 0 amide bonds. The average Bonchev–Trinajstić information content (AvgIpc) is 1.76. The van der Waals surface area contributed by atoms with Crippen LogP contribution in [0.4, 0.5) is 22.7 Å². The van der Waals surface area contributed by atoms with Crippen LogP contribution in [0.5, 0.6) is 0 Å². The van der Waals surface area contributed by atoms with E-state index in [9.17, 15) is 0 Å². The van der Waals surface area contributed by atoms with Crippen LogP contribution in [0.25, 0.3) is 82.9 Å². The number of pyridine rings is 1. The molecule has 410 valence electrons. The molecule has 14 rings (SSSR count). The molecule has 1 aliphatic heterocycles. The number of nitrogens with zero attached hydrogens (tertiary/aromatic N) is 4. The predicted molar refractivity (Wildman–Crippen MR) is 352 cm³/mol. The van der Waals surface area contributed by atoms with Crippen molar-refractivity contribution in [2.45, 2.75) is 52.4 Å². The largest absolute Gasteiger partial charge is 0.493 e. The molecule has 1 aliphatic rings. The van der Waals surface area contributed by atoms with Gasteiger partial charge in [0.15, 0.2) is 6.71 Å². The number of fused-ring (bicyclic) bond motifs is 6. The van der Waals surface area contributed by atoms with Crippen molar-refractivity contribution in [1.29, 1.82) is 0 Å². The molecule has 0 atom stereocenters. The van der Waals surface area contributed by atoms with Crippen LogP contribution in [-0.2, 0) is 31.9 Å². The van der Waals surface area contributed by atoms with Crippen molar-refractivity contribution in [3.63, 3.8) is 0 Å². The van der Waals surface area contributed by atoms with E-state index in [0.29, 0.717) is 0 Å².